The van der Waals surface area contributed by atoms with Crippen molar-refractivity contribution >= 4 is 34.3 Å². The predicted molar refractivity (Wildman–Crippen MR) is 126 cm³/mol. The second kappa shape index (κ2) is 9.02. The van der Waals surface area contributed by atoms with Crippen molar-refractivity contribution in [2.24, 2.45) is 0 Å². The highest BCUT2D eigenvalue weighted by molar-refractivity contribution is 6.07. The number of rotatable bonds is 7. The average Bonchev–Trinajstić information content (AvgIpc) is 3.54. The number of ketones is 1. The van der Waals surface area contributed by atoms with Gasteiger partial charge in [-0.25, -0.2) is 4.98 Å². The van der Waals surface area contributed by atoms with E-state index in [1.165, 1.54) is 18.4 Å². The number of hydrogen-bond donors (Lipinski definition) is 0. The van der Waals surface area contributed by atoms with Crippen molar-refractivity contribution < 1.29 is 23.6 Å². The lowest BCUT2D eigenvalue weighted by atomic mass is 10.1. The van der Waals surface area contributed by atoms with Crippen LogP contribution in [-0.2, 0) is 0 Å². The molecule has 36 heavy (non-hydrogen) atoms. The molecule has 176 valence electrons. The number of nitro benzene ring substituents is 2. The number of pyridine rings is 1. The normalized spacial score (nSPS) is 11.2. The second-order valence-corrected chi connectivity index (χ2v) is 7.51. The maximum Gasteiger partial charge on any atom is 0.277 e. The highest BCUT2D eigenvalue weighted by Crippen LogP contribution is 2.32. The van der Waals surface area contributed by atoms with Crippen LogP contribution in [0.15, 0.2) is 82.2 Å². The third-order valence-corrected chi connectivity index (χ3v) is 5.21. The number of non-ortho nitro benzene ring substituents is 2. The molecule has 0 amide bonds. The number of aromatic nitrogens is 3. The van der Waals surface area contributed by atoms with Crippen LogP contribution in [0, 0.1) is 20.2 Å². The van der Waals surface area contributed by atoms with Gasteiger partial charge < -0.3 is 8.94 Å². The minimum absolute atomic E-state index is 0.174. The Bertz CT molecular complexity index is 1640. The minimum atomic E-state index is -0.793. The molecule has 5 aromatic rings. The van der Waals surface area contributed by atoms with E-state index in [-0.39, 0.29) is 11.5 Å². The Balaban J connectivity index is 1.43. The summed E-state index contributed by atoms with van der Waals surface area (Å²) in [5, 5.41) is 26.1. The van der Waals surface area contributed by atoms with Crippen LogP contribution in [-0.4, -0.2) is 30.8 Å². The fourth-order valence-electron chi connectivity index (χ4n) is 3.49. The molecule has 0 N–H and O–H groups in total. The number of oxazole rings is 1. The summed E-state index contributed by atoms with van der Waals surface area (Å²) in [5.74, 6) is -0.390. The van der Waals surface area contributed by atoms with Crippen LogP contribution in [0.1, 0.15) is 15.9 Å². The maximum atomic E-state index is 12.6. The van der Waals surface area contributed by atoms with E-state index in [1.807, 2.05) is 0 Å². The van der Waals surface area contributed by atoms with E-state index >= 15 is 0 Å². The lowest BCUT2D eigenvalue weighted by Gasteiger charge is -1.98. The molecular weight excluding hydrogens is 470 g/mol. The van der Waals surface area contributed by atoms with Crippen molar-refractivity contribution in [3.05, 3.63) is 105 Å². The zero-order chi connectivity index (χ0) is 25.2. The highest BCUT2D eigenvalue weighted by Gasteiger charge is 2.20. The summed E-state index contributed by atoms with van der Waals surface area (Å²) in [6.45, 7) is 0. The summed E-state index contributed by atoms with van der Waals surface area (Å²) in [4.78, 5) is 41.6. The lowest BCUT2D eigenvalue weighted by molar-refractivity contribution is -0.394. The van der Waals surface area contributed by atoms with Gasteiger partial charge in [0.2, 0.25) is 0 Å². The van der Waals surface area contributed by atoms with Gasteiger partial charge in [0.1, 0.15) is 11.8 Å². The first-order chi connectivity index (χ1) is 17.4. The van der Waals surface area contributed by atoms with Crippen LogP contribution in [0.2, 0.25) is 0 Å². The molecule has 3 aromatic heterocycles. The van der Waals surface area contributed by atoms with Gasteiger partial charge in [0.25, 0.3) is 17.3 Å². The van der Waals surface area contributed by atoms with Crippen LogP contribution in [0.4, 0.5) is 11.4 Å². The number of nitro groups is 2. The Morgan fingerprint density at radius 3 is 2.36 bits per heavy atom. The minimum Gasteiger partial charge on any atom is -0.435 e. The first-order valence-corrected chi connectivity index (χ1v) is 10.3. The number of hydrogen-bond acceptors (Lipinski definition) is 10. The number of carbonyl (C=O) groups is 1. The third kappa shape index (κ3) is 4.33. The number of benzene rings is 2. The molecule has 0 aliphatic rings. The monoisotopic (exact) mass is 483 g/mol. The highest BCUT2D eigenvalue weighted by atomic mass is 16.6. The first-order valence-electron chi connectivity index (χ1n) is 10.3. The van der Waals surface area contributed by atoms with E-state index in [0.717, 1.165) is 23.8 Å². The maximum absolute atomic E-state index is 12.6. The van der Waals surface area contributed by atoms with E-state index < -0.39 is 27.0 Å². The summed E-state index contributed by atoms with van der Waals surface area (Å²) in [6, 6.07) is 11.4. The van der Waals surface area contributed by atoms with Crippen LogP contribution in [0.5, 0.6) is 0 Å². The molecule has 0 bridgehead atoms. The van der Waals surface area contributed by atoms with Crippen molar-refractivity contribution in [2.45, 2.75) is 0 Å². The van der Waals surface area contributed by atoms with Crippen LogP contribution < -0.4 is 0 Å². The summed E-state index contributed by atoms with van der Waals surface area (Å²) < 4.78 is 11.0. The van der Waals surface area contributed by atoms with E-state index in [9.17, 15) is 25.0 Å². The van der Waals surface area contributed by atoms with Gasteiger partial charge in [-0.15, -0.1) is 0 Å². The molecule has 5 rings (SSSR count). The topological polar surface area (TPSA) is 168 Å². The molecule has 0 spiro atoms. The molecule has 3 heterocycles. The molecule has 0 fully saturated rings. The largest absolute Gasteiger partial charge is 0.435 e. The van der Waals surface area contributed by atoms with Gasteiger partial charge in [-0.2, -0.15) is 0 Å². The zero-order valence-electron chi connectivity index (χ0n) is 18.1. The Kier molecular flexibility index (Phi) is 5.58. The molecule has 0 aliphatic heterocycles. The Morgan fingerprint density at radius 1 is 0.944 bits per heavy atom. The number of fused-ring (bicyclic) bond motifs is 1. The SMILES string of the molecule is O=C(C=Cc1ccc2oc(-c3nocc3-c3ccncc3)nc2c1)c1cc([N+](=O)[O-])cc([N+](=O)[O-])c1. The van der Waals surface area contributed by atoms with Crippen molar-refractivity contribution in [3.8, 4) is 22.7 Å². The second-order valence-electron chi connectivity index (χ2n) is 7.51. The van der Waals surface area contributed by atoms with E-state index in [1.54, 1.807) is 42.7 Å². The average molecular weight is 483 g/mol. The Hall–Kier alpha value is -5.52. The molecule has 0 saturated carbocycles. The summed E-state index contributed by atoms with van der Waals surface area (Å²) in [6.07, 6.45) is 7.41. The standard InChI is InChI=1S/C24H13N5O7/c30-21(16-10-17(28(31)32)12-18(11-16)29(33)34)3-1-14-2-4-22-20(9-14)26-24(36-22)23-19(13-35-27-23)15-5-7-25-8-6-15/h1-13H. The van der Waals surface area contributed by atoms with Crippen molar-refractivity contribution in [1.82, 2.24) is 15.1 Å². The third-order valence-electron chi connectivity index (χ3n) is 5.21. The molecule has 0 unspecified atom stereocenters. The van der Waals surface area contributed by atoms with Gasteiger partial charge in [-0.1, -0.05) is 17.3 Å². The predicted octanol–water partition coefficient (Wildman–Crippen LogP) is 5.26. The van der Waals surface area contributed by atoms with Crippen molar-refractivity contribution in [3.63, 3.8) is 0 Å². The first kappa shape index (κ1) is 22.3. The van der Waals surface area contributed by atoms with E-state index in [4.69, 9.17) is 8.94 Å². The molecule has 12 heteroatoms. The summed E-state index contributed by atoms with van der Waals surface area (Å²) >= 11 is 0. The summed E-state index contributed by atoms with van der Waals surface area (Å²) in [5.41, 5.74) is 2.22. The molecule has 0 aliphatic carbocycles. The molecule has 2 aromatic carbocycles. The zero-order valence-corrected chi connectivity index (χ0v) is 18.1. The number of nitrogens with zero attached hydrogens (tertiary/aromatic N) is 5. The lowest BCUT2D eigenvalue weighted by Crippen LogP contribution is -1.99. The van der Waals surface area contributed by atoms with Gasteiger partial charge in [0.05, 0.1) is 21.5 Å². The Labute approximate surface area is 200 Å². The van der Waals surface area contributed by atoms with Gasteiger partial charge in [0, 0.05) is 30.1 Å². The molecule has 0 saturated heterocycles. The fourth-order valence-corrected chi connectivity index (χ4v) is 3.49. The molecular formula is C24H13N5O7. The van der Waals surface area contributed by atoms with E-state index in [0.29, 0.717) is 27.9 Å². The van der Waals surface area contributed by atoms with Gasteiger partial charge in [-0.3, -0.25) is 30.0 Å². The quantitative estimate of drug-likeness (QED) is 0.129. The van der Waals surface area contributed by atoms with E-state index in [2.05, 4.69) is 15.1 Å². The van der Waals surface area contributed by atoms with Crippen LogP contribution in [0.25, 0.3) is 39.9 Å². The molecule has 12 nitrogen and oxygen atoms in total. The van der Waals surface area contributed by atoms with Crippen LogP contribution in [0.3, 0.4) is 0 Å². The number of allylic oxidation sites excluding steroid dienone is 1. The van der Waals surface area contributed by atoms with Gasteiger partial charge >= 0.3 is 0 Å². The van der Waals surface area contributed by atoms with Crippen molar-refractivity contribution in [2.75, 3.05) is 0 Å². The van der Waals surface area contributed by atoms with Crippen LogP contribution >= 0.6 is 0 Å². The Morgan fingerprint density at radius 2 is 1.67 bits per heavy atom. The summed E-state index contributed by atoms with van der Waals surface area (Å²) in [7, 11) is 0. The van der Waals surface area contributed by atoms with Gasteiger partial charge in [-0.05, 0) is 41.5 Å². The van der Waals surface area contributed by atoms with Crippen molar-refractivity contribution in [1.29, 1.82) is 0 Å². The number of carbonyl (C=O) groups excluding carboxylic acids is 1. The van der Waals surface area contributed by atoms with Gasteiger partial charge in [0.15, 0.2) is 17.1 Å². The molecule has 0 atom stereocenters. The molecule has 0 radical (unpaired) electrons. The fraction of sp³-hybridized carbons (Fsp3) is 0. The smallest absolute Gasteiger partial charge is 0.277 e.